The van der Waals surface area contributed by atoms with Gasteiger partial charge in [0.15, 0.2) is 11.9 Å². The Hall–Kier alpha value is -2.52. The summed E-state index contributed by atoms with van der Waals surface area (Å²) in [6, 6.07) is 0. The molecule has 0 rings (SSSR count). The average Bonchev–Trinajstić information content (AvgIpc) is 2.54. The van der Waals surface area contributed by atoms with Crippen LogP contribution in [0.4, 0.5) is 0 Å². The third-order valence-electron chi connectivity index (χ3n) is 3.54. The lowest BCUT2D eigenvalue weighted by Gasteiger charge is -2.31. The molecule has 144 valence electrons. The largest absolute Gasteiger partial charge is 0.369 e. The Morgan fingerprint density at radius 3 is 1.76 bits per heavy atom. The SMILES string of the molecule is CN=C(N(C)C)N(C)C(N)=NCCN(C)C(=NC)N(C)C(=N)N(C)C. The Bertz CT molecular complexity index is 520. The van der Waals surface area contributed by atoms with Gasteiger partial charge in [0.1, 0.15) is 0 Å². The van der Waals surface area contributed by atoms with Crippen molar-refractivity contribution in [1.29, 1.82) is 5.41 Å². The first-order valence-electron chi connectivity index (χ1n) is 7.93. The van der Waals surface area contributed by atoms with Crippen molar-refractivity contribution in [2.24, 2.45) is 20.7 Å². The summed E-state index contributed by atoms with van der Waals surface area (Å²) >= 11 is 0. The molecular formula is C15H34N10. The number of nitrogens with one attached hydrogen (secondary N) is 1. The van der Waals surface area contributed by atoms with Crippen molar-refractivity contribution in [3.63, 3.8) is 0 Å². The number of nitrogens with zero attached hydrogens (tertiary/aromatic N) is 8. The third-order valence-corrected chi connectivity index (χ3v) is 3.54. The molecular weight excluding hydrogens is 320 g/mol. The molecule has 0 aromatic carbocycles. The first-order valence-corrected chi connectivity index (χ1v) is 7.93. The molecule has 0 fully saturated rings. The Balaban J connectivity index is 4.87. The molecule has 0 aliphatic carbocycles. The van der Waals surface area contributed by atoms with Crippen LogP contribution in [0.25, 0.3) is 0 Å². The minimum Gasteiger partial charge on any atom is -0.369 e. The average molecular weight is 355 g/mol. The van der Waals surface area contributed by atoms with Crippen LogP contribution in [0.1, 0.15) is 0 Å². The van der Waals surface area contributed by atoms with E-state index >= 15 is 0 Å². The number of guanidine groups is 4. The summed E-state index contributed by atoms with van der Waals surface area (Å²) in [6.07, 6.45) is 0. The topological polar surface area (TPSA) is 103 Å². The summed E-state index contributed by atoms with van der Waals surface area (Å²) in [6.45, 7) is 1.12. The zero-order chi connectivity index (χ0) is 19.7. The van der Waals surface area contributed by atoms with Gasteiger partial charge in [0, 0.05) is 70.0 Å². The van der Waals surface area contributed by atoms with Crippen molar-refractivity contribution in [3.05, 3.63) is 0 Å². The maximum Gasteiger partial charge on any atom is 0.202 e. The van der Waals surface area contributed by atoms with Gasteiger partial charge in [-0.2, -0.15) is 0 Å². The molecule has 0 saturated heterocycles. The van der Waals surface area contributed by atoms with Gasteiger partial charge in [-0.05, 0) is 0 Å². The molecule has 0 saturated carbocycles. The normalized spacial score (nSPS) is 12.8. The van der Waals surface area contributed by atoms with Crippen molar-refractivity contribution in [2.75, 3.05) is 76.5 Å². The Labute approximate surface area is 151 Å². The molecule has 0 aromatic heterocycles. The number of likely N-dealkylation sites (N-methyl/N-ethyl adjacent to an activating group) is 1. The van der Waals surface area contributed by atoms with Gasteiger partial charge in [-0.3, -0.25) is 30.2 Å². The molecule has 0 aliphatic heterocycles. The second kappa shape index (κ2) is 10.4. The van der Waals surface area contributed by atoms with E-state index in [0.29, 0.717) is 31.0 Å². The summed E-state index contributed by atoms with van der Waals surface area (Å²) in [5.74, 6) is 2.16. The highest BCUT2D eigenvalue weighted by Gasteiger charge is 2.17. The van der Waals surface area contributed by atoms with Crippen LogP contribution in [0.15, 0.2) is 15.0 Å². The van der Waals surface area contributed by atoms with Crippen LogP contribution >= 0.6 is 0 Å². The van der Waals surface area contributed by atoms with Crippen LogP contribution in [-0.4, -0.2) is 125 Å². The van der Waals surface area contributed by atoms with E-state index < -0.39 is 0 Å². The van der Waals surface area contributed by atoms with Gasteiger partial charge < -0.3 is 20.4 Å². The number of aliphatic imine (C=N–C) groups is 3. The van der Waals surface area contributed by atoms with Crippen LogP contribution in [0.5, 0.6) is 0 Å². The van der Waals surface area contributed by atoms with E-state index in [-0.39, 0.29) is 0 Å². The molecule has 25 heavy (non-hydrogen) atoms. The van der Waals surface area contributed by atoms with E-state index in [0.717, 1.165) is 5.96 Å². The monoisotopic (exact) mass is 354 g/mol. The highest BCUT2D eigenvalue weighted by molar-refractivity contribution is 5.98. The third kappa shape index (κ3) is 6.48. The van der Waals surface area contributed by atoms with E-state index in [1.54, 1.807) is 28.8 Å². The second-order valence-corrected chi connectivity index (χ2v) is 5.94. The van der Waals surface area contributed by atoms with E-state index in [4.69, 9.17) is 11.1 Å². The van der Waals surface area contributed by atoms with Gasteiger partial charge in [-0.25, -0.2) is 0 Å². The first-order chi connectivity index (χ1) is 11.6. The van der Waals surface area contributed by atoms with Gasteiger partial charge in [0.2, 0.25) is 11.9 Å². The fraction of sp³-hybridized carbons (Fsp3) is 0.733. The van der Waals surface area contributed by atoms with E-state index in [1.165, 1.54) is 0 Å². The summed E-state index contributed by atoms with van der Waals surface area (Å²) in [5, 5.41) is 8.06. The molecule has 0 aliphatic rings. The highest BCUT2D eigenvalue weighted by Crippen LogP contribution is 1.98. The van der Waals surface area contributed by atoms with Crippen LogP contribution in [0.3, 0.4) is 0 Å². The minimum atomic E-state index is 0.352. The molecule has 0 unspecified atom stereocenters. The molecule has 0 spiro atoms. The number of hydrogen-bond donors (Lipinski definition) is 2. The lowest BCUT2D eigenvalue weighted by molar-refractivity contribution is 0.432. The van der Waals surface area contributed by atoms with Crippen molar-refractivity contribution in [2.45, 2.75) is 0 Å². The van der Waals surface area contributed by atoms with Gasteiger partial charge in [-0.1, -0.05) is 0 Å². The van der Waals surface area contributed by atoms with Crippen molar-refractivity contribution in [1.82, 2.24) is 24.5 Å². The number of nitrogens with two attached hydrogens (primary N) is 1. The van der Waals surface area contributed by atoms with Crippen molar-refractivity contribution in [3.8, 4) is 0 Å². The Morgan fingerprint density at radius 1 is 0.840 bits per heavy atom. The molecule has 10 nitrogen and oxygen atoms in total. The Kier molecular flexibility index (Phi) is 9.32. The lowest BCUT2D eigenvalue weighted by atomic mass is 10.5. The Morgan fingerprint density at radius 2 is 1.36 bits per heavy atom. The maximum absolute atomic E-state index is 8.06. The summed E-state index contributed by atoms with van der Waals surface area (Å²) in [4.78, 5) is 21.9. The zero-order valence-corrected chi connectivity index (χ0v) is 17.1. The molecule has 0 aromatic rings. The van der Waals surface area contributed by atoms with E-state index in [1.807, 2.05) is 59.1 Å². The standard InChI is InChI=1S/C15H34N10/c1-18-14(22(5)6)24(8)12(16)20-10-11-23(7)15(19-2)25(9)13(17)21(3)4/h17H,10-11H2,1-9H3,(H2,16,20). The summed E-state index contributed by atoms with van der Waals surface area (Å²) < 4.78 is 0. The van der Waals surface area contributed by atoms with Gasteiger partial charge in [0.25, 0.3) is 0 Å². The number of rotatable bonds is 3. The fourth-order valence-electron chi connectivity index (χ4n) is 2.24. The van der Waals surface area contributed by atoms with Crippen LogP contribution in [0.2, 0.25) is 0 Å². The quantitative estimate of drug-likeness (QED) is 0.504. The first kappa shape index (κ1) is 22.5. The predicted octanol–water partition coefficient (Wildman–Crippen LogP) is -0.874. The van der Waals surface area contributed by atoms with Gasteiger partial charge in [-0.15, -0.1) is 0 Å². The van der Waals surface area contributed by atoms with E-state index in [2.05, 4.69) is 15.0 Å². The van der Waals surface area contributed by atoms with Gasteiger partial charge in [0.05, 0.1) is 6.54 Å². The lowest BCUT2D eigenvalue weighted by Crippen LogP contribution is -2.48. The second-order valence-electron chi connectivity index (χ2n) is 5.94. The summed E-state index contributed by atoms with van der Waals surface area (Å²) in [5.41, 5.74) is 6.04. The van der Waals surface area contributed by atoms with Crippen molar-refractivity contribution >= 4 is 23.8 Å². The minimum absolute atomic E-state index is 0.352. The molecule has 0 radical (unpaired) electrons. The maximum atomic E-state index is 8.06. The molecule has 10 heteroatoms. The molecule has 0 atom stereocenters. The van der Waals surface area contributed by atoms with Crippen LogP contribution < -0.4 is 5.73 Å². The fourth-order valence-corrected chi connectivity index (χ4v) is 2.24. The van der Waals surface area contributed by atoms with Gasteiger partial charge >= 0.3 is 0 Å². The highest BCUT2D eigenvalue weighted by atomic mass is 15.4. The predicted molar refractivity (Wildman–Crippen MR) is 106 cm³/mol. The van der Waals surface area contributed by atoms with Crippen LogP contribution in [0, 0.1) is 5.41 Å². The zero-order valence-electron chi connectivity index (χ0n) is 17.1. The van der Waals surface area contributed by atoms with Crippen LogP contribution in [-0.2, 0) is 0 Å². The van der Waals surface area contributed by atoms with Crippen molar-refractivity contribution < 1.29 is 0 Å². The molecule has 0 bridgehead atoms. The molecule has 3 N–H and O–H groups in total. The number of hydrogen-bond acceptors (Lipinski definition) is 4. The smallest absolute Gasteiger partial charge is 0.202 e. The summed E-state index contributed by atoms with van der Waals surface area (Å²) in [7, 11) is 16.4. The molecule has 0 amide bonds. The molecule has 0 heterocycles. The van der Waals surface area contributed by atoms with E-state index in [9.17, 15) is 0 Å².